The second-order valence-electron chi connectivity index (χ2n) is 9.52. The normalized spacial score (nSPS) is 11.4. The average Bonchev–Trinajstić information content (AvgIpc) is 3.10. The van der Waals surface area contributed by atoms with Crippen LogP contribution in [0.25, 0.3) is 0 Å². The number of benzene rings is 5. The van der Waals surface area contributed by atoms with Crippen molar-refractivity contribution in [3.05, 3.63) is 146 Å². The standard InChI is InChI=1S/C32H30N2O10P2/c33-27-21-23-28(24-22-27)34(25-45(35,41-37-29-13-5-1-6-14-29)42-38-30-15-7-2-8-16-30)26-46(36,43-39-31-17-9-3-10-18-31)44-40-32-19-11-4-12-20-32/h1-24H,25-26,33H2. The van der Waals surface area contributed by atoms with Crippen LogP contribution in [0.2, 0.25) is 0 Å². The summed E-state index contributed by atoms with van der Waals surface area (Å²) in [5, 5.41) is 0. The molecule has 0 aliphatic carbocycles. The molecule has 0 aromatic heterocycles. The van der Waals surface area contributed by atoms with Gasteiger partial charge < -0.3 is 30.2 Å². The summed E-state index contributed by atoms with van der Waals surface area (Å²) in [4.78, 5) is 22.8. The van der Waals surface area contributed by atoms with E-state index in [1.54, 1.807) is 146 Å². The molecule has 0 fully saturated rings. The summed E-state index contributed by atoms with van der Waals surface area (Å²) in [5.74, 6) is 0.981. The molecule has 5 rings (SSSR count). The molecule has 0 bridgehead atoms. The predicted octanol–water partition coefficient (Wildman–Crippen LogP) is 8.42. The van der Waals surface area contributed by atoms with Crippen LogP contribution >= 0.6 is 15.2 Å². The fourth-order valence-electron chi connectivity index (χ4n) is 3.73. The summed E-state index contributed by atoms with van der Waals surface area (Å²) in [5.41, 5.74) is 6.76. The van der Waals surface area contributed by atoms with Gasteiger partial charge in [0.25, 0.3) is 0 Å². The third kappa shape index (κ3) is 10.1. The minimum absolute atomic E-state index is 0.245. The third-order valence-corrected chi connectivity index (χ3v) is 8.49. The van der Waals surface area contributed by atoms with Crippen LogP contribution in [0.3, 0.4) is 0 Å². The first-order chi connectivity index (χ1) is 22.4. The second kappa shape index (κ2) is 16.0. The lowest BCUT2D eigenvalue weighted by molar-refractivity contribution is -0.172. The minimum Gasteiger partial charge on any atom is -0.399 e. The van der Waals surface area contributed by atoms with Gasteiger partial charge in [-0.1, -0.05) is 91.5 Å². The van der Waals surface area contributed by atoms with Gasteiger partial charge in [-0.3, -0.25) is 9.13 Å². The maximum Gasteiger partial charge on any atom is 0.423 e. The quantitative estimate of drug-likeness (QED) is 0.0442. The molecule has 5 aromatic rings. The maximum atomic E-state index is 14.3. The van der Waals surface area contributed by atoms with Crippen molar-refractivity contribution in [1.82, 2.24) is 0 Å². The lowest BCUT2D eigenvalue weighted by Crippen LogP contribution is -2.29. The van der Waals surface area contributed by atoms with E-state index in [-0.39, 0.29) is 23.0 Å². The Hall–Kier alpha value is -4.80. The highest BCUT2D eigenvalue weighted by atomic mass is 31.2. The van der Waals surface area contributed by atoms with E-state index >= 15 is 0 Å². The van der Waals surface area contributed by atoms with Crippen molar-refractivity contribution in [3.8, 4) is 23.0 Å². The number of hydrogen-bond donors (Lipinski definition) is 1. The Balaban J connectivity index is 1.44. The fraction of sp³-hybridized carbons (Fsp3) is 0.0625. The third-order valence-electron chi connectivity index (χ3n) is 5.91. The summed E-state index contributed by atoms with van der Waals surface area (Å²) >= 11 is 0. The number of nitrogens with zero attached hydrogens (tertiary/aromatic N) is 1. The summed E-state index contributed by atoms with van der Waals surface area (Å²) in [6.45, 7) is 0. The molecule has 0 saturated carbocycles. The zero-order valence-electron chi connectivity index (χ0n) is 24.3. The molecule has 0 aliphatic heterocycles. The van der Waals surface area contributed by atoms with Crippen LogP contribution in [0.1, 0.15) is 0 Å². The first kappa shape index (κ1) is 32.6. The van der Waals surface area contributed by atoms with E-state index in [1.807, 2.05) is 0 Å². The SMILES string of the molecule is Nc1ccc(N(CP(=O)(OOc2ccccc2)OOc2ccccc2)CP(=O)(OOc2ccccc2)OOc2ccccc2)cc1. The minimum atomic E-state index is -4.39. The van der Waals surface area contributed by atoms with Gasteiger partial charge >= 0.3 is 15.2 Å². The van der Waals surface area contributed by atoms with Crippen molar-refractivity contribution in [2.45, 2.75) is 0 Å². The van der Waals surface area contributed by atoms with Crippen LogP contribution in [-0.4, -0.2) is 12.6 Å². The Morgan fingerprint density at radius 2 is 0.717 bits per heavy atom. The van der Waals surface area contributed by atoms with E-state index in [2.05, 4.69) is 0 Å². The summed E-state index contributed by atoms with van der Waals surface area (Å²) < 4.78 is 50.1. The van der Waals surface area contributed by atoms with Crippen molar-refractivity contribution >= 4 is 26.6 Å². The van der Waals surface area contributed by atoms with Gasteiger partial charge in [0.2, 0.25) is 0 Å². The Kier molecular flexibility index (Phi) is 11.3. The lowest BCUT2D eigenvalue weighted by Gasteiger charge is -2.29. The number of para-hydroxylation sites is 4. The molecule has 238 valence electrons. The molecule has 0 amide bonds. The topological polar surface area (TPSA) is 137 Å². The van der Waals surface area contributed by atoms with Crippen LogP contribution < -0.4 is 30.2 Å². The van der Waals surface area contributed by atoms with Gasteiger partial charge in [0.1, 0.15) is 12.6 Å². The number of anilines is 2. The molecule has 0 aliphatic rings. The van der Waals surface area contributed by atoms with E-state index in [1.165, 1.54) is 4.90 Å². The van der Waals surface area contributed by atoms with Crippen molar-refractivity contribution in [2.24, 2.45) is 0 Å². The van der Waals surface area contributed by atoms with E-state index in [0.717, 1.165) is 0 Å². The summed E-state index contributed by atoms with van der Waals surface area (Å²) in [7, 11) is -8.77. The number of nitrogen functional groups attached to an aromatic ring is 1. The van der Waals surface area contributed by atoms with Gasteiger partial charge in [-0.15, -0.1) is 0 Å². The van der Waals surface area contributed by atoms with Crippen molar-refractivity contribution in [1.29, 1.82) is 0 Å². The molecular weight excluding hydrogens is 634 g/mol. The van der Waals surface area contributed by atoms with Crippen molar-refractivity contribution < 1.29 is 47.4 Å². The van der Waals surface area contributed by atoms with Gasteiger partial charge in [-0.05, 0) is 72.8 Å². The van der Waals surface area contributed by atoms with Gasteiger partial charge in [0, 0.05) is 11.4 Å². The molecule has 5 aromatic carbocycles. The number of hydrogen-bond acceptors (Lipinski definition) is 12. The van der Waals surface area contributed by atoms with Gasteiger partial charge in [-0.25, -0.2) is 0 Å². The highest BCUT2D eigenvalue weighted by Gasteiger charge is 2.40. The molecule has 0 spiro atoms. The Morgan fingerprint density at radius 3 is 1.00 bits per heavy atom. The molecule has 0 saturated heterocycles. The molecule has 0 radical (unpaired) electrons. The zero-order valence-corrected chi connectivity index (χ0v) is 26.1. The number of nitrogens with two attached hydrogens (primary N) is 1. The van der Waals surface area contributed by atoms with E-state index in [0.29, 0.717) is 11.4 Å². The monoisotopic (exact) mass is 664 g/mol. The van der Waals surface area contributed by atoms with Crippen LogP contribution in [0.5, 0.6) is 23.0 Å². The summed E-state index contributed by atoms with van der Waals surface area (Å²) in [6.07, 6.45) is -1.16. The molecule has 0 heterocycles. The molecule has 12 nitrogen and oxygen atoms in total. The molecule has 14 heteroatoms. The maximum absolute atomic E-state index is 14.3. The summed E-state index contributed by atoms with van der Waals surface area (Å²) in [6, 6.07) is 39.9. The molecule has 0 unspecified atom stereocenters. The van der Waals surface area contributed by atoms with Gasteiger partial charge in [-0.2, -0.15) is 0 Å². The first-order valence-electron chi connectivity index (χ1n) is 13.8. The fourth-order valence-corrected chi connectivity index (χ4v) is 6.29. The Bertz CT molecular complexity index is 1520. The first-order valence-corrected chi connectivity index (χ1v) is 17.3. The molecule has 46 heavy (non-hydrogen) atoms. The Labute approximate surface area is 265 Å². The molecule has 0 atom stereocenters. The van der Waals surface area contributed by atoms with Gasteiger partial charge in [0.05, 0.1) is 0 Å². The largest absolute Gasteiger partial charge is 0.423 e. The van der Waals surface area contributed by atoms with Crippen LogP contribution in [-0.2, 0) is 27.8 Å². The second-order valence-corrected chi connectivity index (χ2v) is 13.1. The zero-order chi connectivity index (χ0) is 32.1. The van der Waals surface area contributed by atoms with E-state index in [9.17, 15) is 9.13 Å². The molecular formula is C32H30N2O10P2. The highest BCUT2D eigenvalue weighted by Crippen LogP contribution is 2.54. The average molecular weight is 665 g/mol. The molecule has 2 N–H and O–H groups in total. The smallest absolute Gasteiger partial charge is 0.399 e. The van der Waals surface area contributed by atoms with Crippen molar-refractivity contribution in [3.63, 3.8) is 0 Å². The van der Waals surface area contributed by atoms with Crippen LogP contribution in [0.4, 0.5) is 11.4 Å². The predicted molar refractivity (Wildman–Crippen MR) is 171 cm³/mol. The van der Waals surface area contributed by atoms with Gasteiger partial charge in [0.15, 0.2) is 23.0 Å². The van der Waals surface area contributed by atoms with E-state index in [4.69, 9.17) is 44.0 Å². The number of rotatable bonds is 17. The van der Waals surface area contributed by atoms with Crippen LogP contribution in [0, 0.1) is 0 Å². The Morgan fingerprint density at radius 1 is 0.435 bits per heavy atom. The lowest BCUT2D eigenvalue weighted by atomic mass is 10.3. The van der Waals surface area contributed by atoms with Crippen molar-refractivity contribution in [2.75, 3.05) is 23.2 Å². The highest BCUT2D eigenvalue weighted by molar-refractivity contribution is 7.55. The van der Waals surface area contributed by atoms with Crippen LogP contribution in [0.15, 0.2) is 146 Å². The van der Waals surface area contributed by atoms with E-state index < -0.39 is 27.8 Å².